The first-order valence-corrected chi connectivity index (χ1v) is 6.64. The number of hydrogen-bond acceptors (Lipinski definition) is 6. The molecule has 0 fully saturated rings. The van der Waals surface area contributed by atoms with Crippen molar-refractivity contribution in [3.63, 3.8) is 0 Å². The fraction of sp³-hybridized carbons (Fsp3) is 0.143. The van der Waals surface area contributed by atoms with Crippen LogP contribution in [-0.4, -0.2) is 22.1 Å². The van der Waals surface area contributed by atoms with E-state index in [9.17, 15) is 0 Å². The van der Waals surface area contributed by atoms with E-state index in [1.54, 1.807) is 47.4 Å². The first-order chi connectivity index (χ1) is 10.7. The zero-order valence-corrected chi connectivity index (χ0v) is 12.2. The van der Waals surface area contributed by atoms with E-state index in [2.05, 4.69) is 15.6 Å². The van der Waals surface area contributed by atoms with Crippen LogP contribution >= 0.6 is 11.6 Å². The van der Waals surface area contributed by atoms with Crippen LogP contribution in [0.3, 0.4) is 0 Å². The number of anilines is 1. The molecule has 0 aliphatic rings. The number of halogens is 1. The van der Waals surface area contributed by atoms with Gasteiger partial charge >= 0.3 is 0 Å². The summed E-state index contributed by atoms with van der Waals surface area (Å²) in [6.07, 6.45) is 3.25. The maximum Gasteiger partial charge on any atom is 0.237 e. The van der Waals surface area contributed by atoms with Crippen LogP contribution in [0.25, 0.3) is 0 Å². The largest absolute Gasteiger partial charge is 0.489 e. The van der Waals surface area contributed by atoms with E-state index in [0.29, 0.717) is 29.6 Å². The Kier molecular flexibility index (Phi) is 5.36. The lowest BCUT2D eigenvalue weighted by atomic mass is 10.3. The predicted molar refractivity (Wildman–Crippen MR) is 81.5 cm³/mol. The highest BCUT2D eigenvalue weighted by Crippen LogP contribution is 2.23. The maximum atomic E-state index is 8.65. The van der Waals surface area contributed by atoms with Crippen molar-refractivity contribution in [3.05, 3.63) is 41.7 Å². The summed E-state index contributed by atoms with van der Waals surface area (Å²) in [5, 5.41) is 25.6. The van der Waals surface area contributed by atoms with Crippen molar-refractivity contribution in [1.82, 2.24) is 9.78 Å². The molecule has 0 radical (unpaired) electrons. The number of hydrazone groups is 1. The molecular weight excluding hydrogens is 304 g/mol. The third-order valence-corrected chi connectivity index (χ3v) is 2.76. The minimum atomic E-state index is -0.263. The van der Waals surface area contributed by atoms with E-state index < -0.39 is 0 Å². The lowest BCUT2D eigenvalue weighted by Crippen LogP contribution is -2.09. The fourth-order valence-electron chi connectivity index (χ4n) is 1.59. The summed E-state index contributed by atoms with van der Waals surface area (Å²) in [5.41, 5.74) is 2.94. The van der Waals surface area contributed by atoms with Gasteiger partial charge in [-0.05, 0) is 12.1 Å². The zero-order valence-electron chi connectivity index (χ0n) is 11.4. The van der Waals surface area contributed by atoms with Crippen LogP contribution in [0.15, 0.2) is 41.8 Å². The molecule has 1 aromatic heterocycles. The van der Waals surface area contributed by atoms with Gasteiger partial charge in [-0.2, -0.15) is 20.7 Å². The highest BCUT2D eigenvalue weighted by atomic mass is 35.5. The lowest BCUT2D eigenvalue weighted by molar-refractivity contribution is 0.292. The summed E-state index contributed by atoms with van der Waals surface area (Å²) in [5.74, 6) is 0.555. The number of nitrogens with one attached hydrogen (secondary N) is 1. The Balaban J connectivity index is 1.98. The average molecular weight is 315 g/mol. The molecule has 1 N–H and O–H groups in total. The molecule has 0 aliphatic carbocycles. The standard InChI is InChI=1S/C14H11ClN6O/c15-11-9-18-21(10-11)5-6-22-14-4-2-1-3-13(14)20-19-12(7-16)8-17/h1-4,9-10,20H,5-6H2. The SMILES string of the molecule is N#CC(C#N)=NNc1ccccc1OCCn1cc(Cl)cn1. The van der Waals surface area contributed by atoms with Gasteiger partial charge in [-0.3, -0.25) is 10.1 Å². The van der Waals surface area contributed by atoms with Gasteiger partial charge in [-0.25, -0.2) is 0 Å². The van der Waals surface area contributed by atoms with E-state index in [0.717, 1.165) is 0 Å². The van der Waals surface area contributed by atoms with Gasteiger partial charge < -0.3 is 4.74 Å². The van der Waals surface area contributed by atoms with Crippen LogP contribution < -0.4 is 10.2 Å². The minimum Gasteiger partial charge on any atom is -0.489 e. The van der Waals surface area contributed by atoms with Crippen LogP contribution in [-0.2, 0) is 6.54 Å². The second-order valence-corrected chi connectivity index (χ2v) is 4.50. The lowest BCUT2D eigenvalue weighted by Gasteiger charge is -2.10. The number of para-hydroxylation sites is 2. The van der Waals surface area contributed by atoms with Crippen molar-refractivity contribution in [1.29, 1.82) is 10.5 Å². The Hall–Kier alpha value is -3.03. The van der Waals surface area contributed by atoms with Gasteiger partial charge in [0.05, 0.1) is 23.5 Å². The molecule has 0 unspecified atom stereocenters. The number of benzene rings is 1. The van der Waals surface area contributed by atoms with E-state index in [1.165, 1.54) is 0 Å². The Morgan fingerprint density at radius 1 is 1.36 bits per heavy atom. The van der Waals surface area contributed by atoms with E-state index >= 15 is 0 Å². The summed E-state index contributed by atoms with van der Waals surface area (Å²) in [6.45, 7) is 0.912. The van der Waals surface area contributed by atoms with Crippen molar-refractivity contribution in [3.8, 4) is 17.9 Å². The molecule has 0 bridgehead atoms. The quantitative estimate of drug-likeness (QED) is 0.652. The van der Waals surface area contributed by atoms with E-state index in [4.69, 9.17) is 26.9 Å². The van der Waals surface area contributed by atoms with Gasteiger partial charge in [-0.15, -0.1) is 0 Å². The molecule has 7 nitrogen and oxygen atoms in total. The van der Waals surface area contributed by atoms with Gasteiger partial charge in [0.2, 0.25) is 5.71 Å². The molecule has 0 atom stereocenters. The molecule has 2 rings (SSSR count). The molecule has 8 heteroatoms. The molecule has 2 aromatic rings. The number of hydrogen-bond donors (Lipinski definition) is 1. The topological polar surface area (TPSA) is 99.0 Å². The Morgan fingerprint density at radius 3 is 2.82 bits per heavy atom. The molecule has 0 amide bonds. The monoisotopic (exact) mass is 314 g/mol. The number of aromatic nitrogens is 2. The smallest absolute Gasteiger partial charge is 0.237 e. The molecule has 1 aromatic carbocycles. The second-order valence-electron chi connectivity index (χ2n) is 4.06. The number of ether oxygens (including phenoxy) is 1. The van der Waals surface area contributed by atoms with Gasteiger partial charge in [0.1, 0.15) is 24.5 Å². The van der Waals surface area contributed by atoms with Gasteiger partial charge in [0.15, 0.2) is 0 Å². The average Bonchev–Trinajstić information content (AvgIpc) is 2.95. The van der Waals surface area contributed by atoms with Gasteiger partial charge in [-0.1, -0.05) is 23.7 Å². The number of nitriles is 2. The zero-order chi connectivity index (χ0) is 15.8. The summed E-state index contributed by atoms with van der Waals surface area (Å²) >= 11 is 5.78. The van der Waals surface area contributed by atoms with Crippen LogP contribution in [0, 0.1) is 22.7 Å². The van der Waals surface area contributed by atoms with Crippen LogP contribution in [0.1, 0.15) is 0 Å². The maximum absolute atomic E-state index is 8.65. The molecule has 0 aliphatic heterocycles. The van der Waals surface area contributed by atoms with E-state index in [1.807, 2.05) is 6.07 Å². The molecule has 0 saturated heterocycles. The third-order valence-electron chi connectivity index (χ3n) is 2.57. The number of nitrogens with zero attached hydrogens (tertiary/aromatic N) is 5. The third kappa shape index (κ3) is 4.23. The fourth-order valence-corrected chi connectivity index (χ4v) is 1.74. The second kappa shape index (κ2) is 7.67. The minimum absolute atomic E-state index is 0.263. The summed E-state index contributed by atoms with van der Waals surface area (Å²) in [6, 6.07) is 10.4. The Bertz CT molecular complexity index is 739. The Morgan fingerprint density at radius 2 is 2.14 bits per heavy atom. The van der Waals surface area contributed by atoms with Crippen molar-refractivity contribution in [2.45, 2.75) is 6.54 Å². The van der Waals surface area contributed by atoms with E-state index in [-0.39, 0.29) is 5.71 Å². The van der Waals surface area contributed by atoms with Crippen molar-refractivity contribution in [2.75, 3.05) is 12.0 Å². The van der Waals surface area contributed by atoms with Crippen molar-refractivity contribution < 1.29 is 4.74 Å². The molecule has 0 spiro atoms. The Labute approximate surface area is 132 Å². The predicted octanol–water partition coefficient (Wildman–Crippen LogP) is 2.43. The summed E-state index contributed by atoms with van der Waals surface area (Å²) in [4.78, 5) is 0. The first kappa shape index (κ1) is 15.4. The molecule has 0 saturated carbocycles. The normalized spacial score (nSPS) is 9.41. The molecule has 110 valence electrons. The molecule has 22 heavy (non-hydrogen) atoms. The molecule has 1 heterocycles. The summed E-state index contributed by atoms with van der Waals surface area (Å²) in [7, 11) is 0. The van der Waals surface area contributed by atoms with Crippen LogP contribution in [0.2, 0.25) is 5.02 Å². The summed E-state index contributed by atoms with van der Waals surface area (Å²) < 4.78 is 7.32. The first-order valence-electron chi connectivity index (χ1n) is 6.26. The van der Waals surface area contributed by atoms with Crippen LogP contribution in [0.4, 0.5) is 5.69 Å². The molecular formula is C14H11ClN6O. The number of rotatable bonds is 6. The highest BCUT2D eigenvalue weighted by Gasteiger charge is 2.03. The van der Waals surface area contributed by atoms with Gasteiger partial charge in [0.25, 0.3) is 0 Å². The van der Waals surface area contributed by atoms with Crippen molar-refractivity contribution in [2.24, 2.45) is 5.10 Å². The highest BCUT2D eigenvalue weighted by molar-refractivity contribution is 6.30. The van der Waals surface area contributed by atoms with Crippen LogP contribution in [0.5, 0.6) is 5.75 Å². The van der Waals surface area contributed by atoms with Crippen molar-refractivity contribution >= 4 is 23.0 Å². The van der Waals surface area contributed by atoms with Gasteiger partial charge in [0, 0.05) is 6.20 Å².